The van der Waals surface area contributed by atoms with Gasteiger partial charge in [0, 0.05) is 26.1 Å². The van der Waals surface area contributed by atoms with Crippen molar-refractivity contribution in [3.63, 3.8) is 0 Å². The first-order valence-corrected chi connectivity index (χ1v) is 5.78. The number of esters is 1. The molecule has 1 amide bonds. The van der Waals surface area contributed by atoms with E-state index in [0.29, 0.717) is 26.1 Å². The fourth-order valence-corrected chi connectivity index (χ4v) is 1.65. The van der Waals surface area contributed by atoms with Crippen molar-refractivity contribution in [2.75, 3.05) is 32.8 Å². The number of rotatable bonds is 5. The van der Waals surface area contributed by atoms with Gasteiger partial charge >= 0.3 is 5.97 Å². The van der Waals surface area contributed by atoms with Crippen LogP contribution >= 0.6 is 0 Å². The molecule has 1 aliphatic heterocycles. The van der Waals surface area contributed by atoms with Crippen molar-refractivity contribution in [1.29, 1.82) is 0 Å². The summed E-state index contributed by atoms with van der Waals surface area (Å²) in [6, 6.07) is 0. The minimum Gasteiger partial charge on any atom is -0.466 e. The van der Waals surface area contributed by atoms with Gasteiger partial charge in [-0.15, -0.1) is 0 Å². The molecule has 1 heterocycles. The van der Waals surface area contributed by atoms with Gasteiger partial charge in [0.15, 0.2) is 5.78 Å². The fraction of sp³-hybridized carbons (Fsp3) is 0.727. The third kappa shape index (κ3) is 5.44. The molecule has 17 heavy (non-hydrogen) atoms. The molecule has 0 spiro atoms. The molecular weight excluding hydrogens is 224 g/mol. The first-order chi connectivity index (χ1) is 8.11. The van der Waals surface area contributed by atoms with E-state index in [-0.39, 0.29) is 31.3 Å². The van der Waals surface area contributed by atoms with Gasteiger partial charge < -0.3 is 10.1 Å². The second-order valence-corrected chi connectivity index (χ2v) is 3.90. The second-order valence-electron chi connectivity index (χ2n) is 3.90. The normalized spacial score (nSPS) is 17.1. The average molecular weight is 242 g/mol. The number of amides is 1. The number of hydrogen-bond acceptors (Lipinski definition) is 5. The third-order valence-corrected chi connectivity index (χ3v) is 2.45. The monoisotopic (exact) mass is 242 g/mol. The molecule has 1 saturated heterocycles. The molecular formula is C11H18N2O4. The van der Waals surface area contributed by atoms with E-state index in [1.165, 1.54) is 0 Å². The highest BCUT2D eigenvalue weighted by molar-refractivity contribution is 5.96. The van der Waals surface area contributed by atoms with Crippen molar-refractivity contribution in [2.24, 2.45) is 0 Å². The molecule has 96 valence electrons. The summed E-state index contributed by atoms with van der Waals surface area (Å²) >= 11 is 0. The third-order valence-electron chi connectivity index (χ3n) is 2.45. The number of hydrogen-bond donors (Lipinski definition) is 1. The van der Waals surface area contributed by atoms with Crippen molar-refractivity contribution in [1.82, 2.24) is 10.2 Å². The maximum Gasteiger partial charge on any atom is 0.313 e. The Labute approximate surface area is 100 Å². The lowest BCUT2D eigenvalue weighted by atomic mass is 10.2. The van der Waals surface area contributed by atoms with Crippen LogP contribution in [0.5, 0.6) is 0 Å². The van der Waals surface area contributed by atoms with Crippen LogP contribution < -0.4 is 5.32 Å². The van der Waals surface area contributed by atoms with Gasteiger partial charge in [-0.05, 0) is 6.92 Å². The van der Waals surface area contributed by atoms with Gasteiger partial charge in [-0.2, -0.15) is 0 Å². The van der Waals surface area contributed by atoms with E-state index in [9.17, 15) is 14.4 Å². The van der Waals surface area contributed by atoms with Gasteiger partial charge in [0.2, 0.25) is 5.91 Å². The molecule has 0 aromatic rings. The molecule has 0 unspecified atom stereocenters. The molecule has 0 aromatic carbocycles. The van der Waals surface area contributed by atoms with Crippen LogP contribution in [0.15, 0.2) is 0 Å². The first-order valence-electron chi connectivity index (χ1n) is 5.78. The summed E-state index contributed by atoms with van der Waals surface area (Å²) < 4.78 is 4.70. The summed E-state index contributed by atoms with van der Waals surface area (Å²) in [7, 11) is 0. The van der Waals surface area contributed by atoms with Crippen LogP contribution in [0.4, 0.5) is 0 Å². The van der Waals surface area contributed by atoms with Crippen LogP contribution in [-0.2, 0) is 19.1 Å². The lowest BCUT2D eigenvalue weighted by molar-refractivity contribution is -0.145. The van der Waals surface area contributed by atoms with Crippen molar-refractivity contribution in [2.45, 2.75) is 19.8 Å². The highest BCUT2D eigenvalue weighted by atomic mass is 16.5. The van der Waals surface area contributed by atoms with Crippen LogP contribution in [-0.4, -0.2) is 55.3 Å². The predicted molar refractivity (Wildman–Crippen MR) is 60.3 cm³/mol. The zero-order valence-corrected chi connectivity index (χ0v) is 10.0. The zero-order valence-electron chi connectivity index (χ0n) is 10.0. The zero-order chi connectivity index (χ0) is 12.7. The van der Waals surface area contributed by atoms with Gasteiger partial charge in [0.25, 0.3) is 0 Å². The van der Waals surface area contributed by atoms with E-state index in [1.807, 2.05) is 4.90 Å². The van der Waals surface area contributed by atoms with Crippen LogP contribution in [0.2, 0.25) is 0 Å². The predicted octanol–water partition coefficient (Wildman–Crippen LogP) is -0.669. The topological polar surface area (TPSA) is 75.7 Å². The van der Waals surface area contributed by atoms with E-state index in [1.54, 1.807) is 6.92 Å². The van der Waals surface area contributed by atoms with Gasteiger partial charge in [0.1, 0.15) is 6.42 Å². The van der Waals surface area contributed by atoms with Crippen LogP contribution in [0.25, 0.3) is 0 Å². The number of Topliss-reactive ketones (excluding diaryl/α,β-unsaturated/α-hetero) is 1. The number of ether oxygens (including phenoxy) is 1. The molecule has 1 fully saturated rings. The Hall–Kier alpha value is -1.43. The van der Waals surface area contributed by atoms with Crippen molar-refractivity contribution < 1.29 is 19.1 Å². The maximum absolute atomic E-state index is 11.5. The summed E-state index contributed by atoms with van der Waals surface area (Å²) in [5.41, 5.74) is 0. The summed E-state index contributed by atoms with van der Waals surface area (Å²) in [6.45, 7) is 3.93. The molecule has 0 radical (unpaired) electrons. The summed E-state index contributed by atoms with van der Waals surface area (Å²) in [4.78, 5) is 35.6. The summed E-state index contributed by atoms with van der Waals surface area (Å²) in [5.74, 6) is -0.648. The Morgan fingerprint density at radius 2 is 2.18 bits per heavy atom. The Morgan fingerprint density at radius 3 is 2.88 bits per heavy atom. The number of carbonyl (C=O) groups excluding carboxylic acids is 3. The van der Waals surface area contributed by atoms with Crippen molar-refractivity contribution in [3.8, 4) is 0 Å². The summed E-state index contributed by atoms with van der Waals surface area (Å²) in [6.07, 6.45) is 0.207. The summed E-state index contributed by atoms with van der Waals surface area (Å²) in [5, 5.41) is 2.73. The van der Waals surface area contributed by atoms with Crippen molar-refractivity contribution in [3.05, 3.63) is 0 Å². The molecule has 6 heteroatoms. The largest absolute Gasteiger partial charge is 0.466 e. The maximum atomic E-state index is 11.5. The second kappa shape index (κ2) is 7.01. The minimum absolute atomic E-state index is 0.00495. The highest BCUT2D eigenvalue weighted by Crippen LogP contribution is 1.98. The number of carbonyl (C=O) groups is 3. The lowest BCUT2D eigenvalue weighted by Gasteiger charge is -2.17. The molecule has 1 N–H and O–H groups in total. The molecule has 6 nitrogen and oxygen atoms in total. The molecule has 0 saturated carbocycles. The Kier molecular flexibility index (Phi) is 5.62. The molecule has 0 aliphatic carbocycles. The quantitative estimate of drug-likeness (QED) is 0.511. The molecule has 0 aromatic heterocycles. The first kappa shape index (κ1) is 13.6. The Bertz CT molecular complexity index is 304. The van der Waals surface area contributed by atoms with Crippen LogP contribution in [0, 0.1) is 0 Å². The number of ketones is 1. The van der Waals surface area contributed by atoms with E-state index < -0.39 is 5.97 Å². The van der Waals surface area contributed by atoms with E-state index in [2.05, 4.69) is 5.32 Å². The highest BCUT2D eigenvalue weighted by Gasteiger charge is 2.17. The Balaban J connectivity index is 2.30. The van der Waals surface area contributed by atoms with Crippen molar-refractivity contribution >= 4 is 17.7 Å². The van der Waals surface area contributed by atoms with Crippen LogP contribution in [0.1, 0.15) is 19.8 Å². The molecule has 1 rings (SSSR count). The number of nitrogens with zero attached hydrogens (tertiary/aromatic N) is 1. The SMILES string of the molecule is CCOC(=O)CC(=O)CN1CCNC(=O)CC1. The average Bonchev–Trinajstić information content (AvgIpc) is 2.44. The van der Waals surface area contributed by atoms with E-state index >= 15 is 0 Å². The number of nitrogens with one attached hydrogen (secondary N) is 1. The van der Waals surface area contributed by atoms with Gasteiger partial charge in [0.05, 0.1) is 13.2 Å². The fourth-order valence-electron chi connectivity index (χ4n) is 1.65. The minimum atomic E-state index is -0.485. The lowest BCUT2D eigenvalue weighted by Crippen LogP contribution is -2.34. The van der Waals surface area contributed by atoms with Gasteiger partial charge in [-0.1, -0.05) is 0 Å². The van der Waals surface area contributed by atoms with Gasteiger partial charge in [-0.25, -0.2) is 0 Å². The smallest absolute Gasteiger partial charge is 0.313 e. The molecule has 0 atom stereocenters. The molecule has 1 aliphatic rings. The van der Waals surface area contributed by atoms with Crippen LogP contribution in [0.3, 0.4) is 0 Å². The van der Waals surface area contributed by atoms with Gasteiger partial charge in [-0.3, -0.25) is 19.3 Å². The Morgan fingerprint density at radius 1 is 1.41 bits per heavy atom. The molecule has 0 bridgehead atoms. The standard InChI is InChI=1S/C11H18N2O4/c1-2-17-11(16)7-9(14)8-13-5-3-10(15)12-4-6-13/h2-8H2,1H3,(H,12,15). The van der Waals surface area contributed by atoms with E-state index in [0.717, 1.165) is 0 Å². The van der Waals surface area contributed by atoms with E-state index in [4.69, 9.17) is 4.74 Å².